The Morgan fingerprint density at radius 2 is 2.38 bits per heavy atom. The van der Waals surface area contributed by atoms with Gasteiger partial charge in [0.1, 0.15) is 0 Å². The number of hydrogen-bond acceptors (Lipinski definition) is 3. The second kappa shape index (κ2) is 4.46. The molecule has 0 aliphatic carbocycles. The first-order valence-electron chi connectivity index (χ1n) is 4.54. The number of hydrogen-bond donors (Lipinski definition) is 1. The summed E-state index contributed by atoms with van der Waals surface area (Å²) in [7, 11) is 0. The maximum Gasteiger partial charge on any atom is 0.0898 e. The Bertz CT molecular complexity index is 213. The van der Waals surface area contributed by atoms with Crippen molar-refractivity contribution in [3.05, 3.63) is 10.4 Å². The molecule has 0 amide bonds. The third-order valence-corrected chi connectivity index (χ3v) is 2.47. The number of rotatable bonds is 2. The molecule has 1 rings (SSSR count). The molecule has 1 heterocycles. The smallest absolute Gasteiger partial charge is 0.0898 e. The summed E-state index contributed by atoms with van der Waals surface area (Å²) < 4.78 is 5.45. The fourth-order valence-electron chi connectivity index (χ4n) is 1.59. The molecule has 0 radical (unpaired) electrons. The summed E-state index contributed by atoms with van der Waals surface area (Å²) in [5, 5.41) is 13.3. The van der Waals surface area contributed by atoms with E-state index in [-0.39, 0.29) is 12.0 Å². The van der Waals surface area contributed by atoms with E-state index in [1.54, 1.807) is 0 Å². The fourth-order valence-corrected chi connectivity index (χ4v) is 1.59. The van der Waals surface area contributed by atoms with Crippen LogP contribution in [-0.2, 0) is 4.74 Å². The average molecular weight is 185 g/mol. The summed E-state index contributed by atoms with van der Waals surface area (Å²) in [6.45, 7) is 4.38. The molecule has 0 spiro atoms. The Hall–Kier alpha value is -0.770. The zero-order valence-electron chi connectivity index (χ0n) is 7.92. The minimum absolute atomic E-state index is 0.0401. The molecule has 5 heteroatoms. The molecule has 0 aromatic rings. The van der Waals surface area contributed by atoms with Crippen molar-refractivity contribution >= 4 is 0 Å². The lowest BCUT2D eigenvalue weighted by molar-refractivity contribution is -0.0930. The van der Waals surface area contributed by atoms with Gasteiger partial charge in [0.25, 0.3) is 0 Å². The number of aliphatic hydroxyl groups excluding tert-OH is 1. The molecule has 1 N–H and O–H groups in total. The van der Waals surface area contributed by atoms with Gasteiger partial charge in [-0.3, -0.25) is 0 Å². The number of ether oxygens (including phenoxy) is 1. The second-order valence-corrected chi connectivity index (χ2v) is 3.44. The molecule has 0 bridgehead atoms. The van der Waals surface area contributed by atoms with E-state index in [0.29, 0.717) is 6.61 Å². The van der Waals surface area contributed by atoms with Crippen molar-refractivity contribution in [1.29, 1.82) is 0 Å². The van der Waals surface area contributed by atoms with Gasteiger partial charge >= 0.3 is 0 Å². The Morgan fingerprint density at radius 1 is 1.69 bits per heavy atom. The van der Waals surface area contributed by atoms with Crippen molar-refractivity contribution in [1.82, 2.24) is 0 Å². The normalized spacial score (nSPS) is 39.6. The third-order valence-electron chi connectivity index (χ3n) is 2.47. The van der Waals surface area contributed by atoms with E-state index in [1.165, 1.54) is 0 Å². The van der Waals surface area contributed by atoms with Gasteiger partial charge in [0.05, 0.1) is 24.9 Å². The van der Waals surface area contributed by atoms with Crippen LogP contribution in [0.4, 0.5) is 0 Å². The number of azide groups is 1. The zero-order chi connectivity index (χ0) is 9.84. The van der Waals surface area contributed by atoms with Gasteiger partial charge in [-0.05, 0) is 12.0 Å². The molecular formula is C8H15N3O2. The molecule has 0 aromatic heterocycles. The Morgan fingerprint density at radius 3 is 2.92 bits per heavy atom. The Kier molecular flexibility index (Phi) is 3.54. The van der Waals surface area contributed by atoms with Crippen molar-refractivity contribution < 1.29 is 9.84 Å². The standard InChI is InChI=1S/C8H15N3O2/c1-3-6-7(10-11-9)8(12)5(2)4-13-6/h5-8,12H,3-4H2,1-2H3/t5?,6?,7-,8+/m0/s1. The van der Waals surface area contributed by atoms with Crippen LogP contribution in [0.1, 0.15) is 20.3 Å². The molecule has 2 unspecified atom stereocenters. The van der Waals surface area contributed by atoms with Crippen LogP contribution in [0.3, 0.4) is 0 Å². The monoisotopic (exact) mass is 185 g/mol. The van der Waals surface area contributed by atoms with Crippen LogP contribution >= 0.6 is 0 Å². The van der Waals surface area contributed by atoms with E-state index in [0.717, 1.165) is 6.42 Å². The first-order valence-corrected chi connectivity index (χ1v) is 4.54. The van der Waals surface area contributed by atoms with E-state index in [4.69, 9.17) is 10.3 Å². The molecular weight excluding hydrogens is 170 g/mol. The van der Waals surface area contributed by atoms with Crippen LogP contribution in [0.5, 0.6) is 0 Å². The third kappa shape index (κ3) is 2.12. The first-order chi connectivity index (χ1) is 6.20. The molecule has 1 aliphatic rings. The molecule has 5 nitrogen and oxygen atoms in total. The number of nitrogens with zero attached hydrogens (tertiary/aromatic N) is 3. The van der Waals surface area contributed by atoms with Gasteiger partial charge in [-0.2, -0.15) is 0 Å². The summed E-state index contributed by atoms with van der Waals surface area (Å²) in [5.41, 5.74) is 8.33. The highest BCUT2D eigenvalue weighted by Gasteiger charge is 2.35. The zero-order valence-corrected chi connectivity index (χ0v) is 7.92. The molecule has 1 aliphatic heterocycles. The van der Waals surface area contributed by atoms with E-state index in [9.17, 15) is 5.11 Å². The van der Waals surface area contributed by atoms with Crippen molar-refractivity contribution in [3.63, 3.8) is 0 Å². The summed E-state index contributed by atoms with van der Waals surface area (Å²) in [6.07, 6.45) is 0.0460. The largest absolute Gasteiger partial charge is 0.392 e. The predicted octanol–water partition coefficient (Wildman–Crippen LogP) is 1.47. The van der Waals surface area contributed by atoms with Crippen LogP contribution in [0.15, 0.2) is 5.11 Å². The second-order valence-electron chi connectivity index (χ2n) is 3.44. The van der Waals surface area contributed by atoms with Crippen LogP contribution in [0.25, 0.3) is 10.4 Å². The molecule has 74 valence electrons. The summed E-state index contributed by atoms with van der Waals surface area (Å²) in [6, 6.07) is -0.432. The van der Waals surface area contributed by atoms with Crippen LogP contribution < -0.4 is 0 Å². The van der Waals surface area contributed by atoms with Crippen LogP contribution in [0, 0.1) is 5.92 Å². The lowest BCUT2D eigenvalue weighted by atomic mass is 9.91. The van der Waals surface area contributed by atoms with Gasteiger partial charge in [-0.25, -0.2) is 0 Å². The van der Waals surface area contributed by atoms with E-state index in [1.807, 2.05) is 13.8 Å². The lowest BCUT2D eigenvalue weighted by Gasteiger charge is -2.36. The van der Waals surface area contributed by atoms with Crippen molar-refractivity contribution in [2.75, 3.05) is 6.61 Å². The van der Waals surface area contributed by atoms with Gasteiger partial charge in [0.2, 0.25) is 0 Å². The van der Waals surface area contributed by atoms with Crippen LogP contribution in [0.2, 0.25) is 0 Å². The Balaban J connectivity index is 2.74. The molecule has 0 saturated carbocycles. The summed E-state index contributed by atoms with van der Waals surface area (Å²) in [5.74, 6) is 0.0401. The van der Waals surface area contributed by atoms with Gasteiger partial charge in [-0.1, -0.05) is 19.0 Å². The summed E-state index contributed by atoms with van der Waals surface area (Å²) >= 11 is 0. The highest BCUT2D eigenvalue weighted by molar-refractivity contribution is 4.90. The van der Waals surface area contributed by atoms with E-state index < -0.39 is 12.1 Å². The molecule has 13 heavy (non-hydrogen) atoms. The van der Waals surface area contributed by atoms with Gasteiger partial charge in [-0.15, -0.1) is 0 Å². The maximum absolute atomic E-state index is 9.73. The van der Waals surface area contributed by atoms with Crippen molar-refractivity contribution in [2.24, 2.45) is 11.0 Å². The van der Waals surface area contributed by atoms with Crippen LogP contribution in [-0.4, -0.2) is 30.0 Å². The quantitative estimate of drug-likeness (QED) is 0.401. The lowest BCUT2D eigenvalue weighted by Crippen LogP contribution is -2.47. The molecule has 1 saturated heterocycles. The SMILES string of the molecule is CCC1OCC(C)[C@@H](O)[C@H]1N=[N+]=[N-]. The Labute approximate surface area is 77.3 Å². The predicted molar refractivity (Wildman–Crippen MR) is 48.1 cm³/mol. The van der Waals surface area contributed by atoms with Gasteiger partial charge in [0.15, 0.2) is 0 Å². The topological polar surface area (TPSA) is 78.2 Å². The maximum atomic E-state index is 9.73. The summed E-state index contributed by atoms with van der Waals surface area (Å²) in [4.78, 5) is 2.73. The molecule has 1 fully saturated rings. The first kappa shape index (κ1) is 10.3. The van der Waals surface area contributed by atoms with Gasteiger partial charge < -0.3 is 9.84 Å². The van der Waals surface area contributed by atoms with Gasteiger partial charge in [0, 0.05) is 10.8 Å². The van der Waals surface area contributed by atoms with Crippen molar-refractivity contribution in [3.8, 4) is 0 Å². The number of aliphatic hydroxyl groups is 1. The minimum atomic E-state index is -0.574. The van der Waals surface area contributed by atoms with E-state index >= 15 is 0 Å². The van der Waals surface area contributed by atoms with E-state index in [2.05, 4.69) is 10.0 Å². The fraction of sp³-hybridized carbons (Fsp3) is 1.00. The minimum Gasteiger partial charge on any atom is -0.392 e. The van der Waals surface area contributed by atoms with Crippen molar-refractivity contribution in [2.45, 2.75) is 38.5 Å². The molecule has 4 atom stereocenters. The average Bonchev–Trinajstić information content (AvgIpc) is 2.14. The highest BCUT2D eigenvalue weighted by atomic mass is 16.5. The molecule has 0 aromatic carbocycles. The highest BCUT2D eigenvalue weighted by Crippen LogP contribution is 2.24.